The Labute approximate surface area is 179 Å². The zero-order chi connectivity index (χ0) is 22.1. The smallest absolute Gasteiger partial charge is 0.340 e. The summed E-state index contributed by atoms with van der Waals surface area (Å²) < 4.78 is 10.0. The third kappa shape index (κ3) is 5.98. The minimum Gasteiger partial charge on any atom is -0.501 e. The predicted molar refractivity (Wildman–Crippen MR) is 115 cm³/mol. The van der Waals surface area contributed by atoms with E-state index < -0.39 is 34.9 Å². The van der Waals surface area contributed by atoms with E-state index in [1.165, 1.54) is 12.2 Å². The minimum absolute atomic E-state index is 0.000741. The Morgan fingerprint density at radius 3 is 2.57 bits per heavy atom. The van der Waals surface area contributed by atoms with Crippen LogP contribution in [0.25, 0.3) is 0 Å². The van der Waals surface area contributed by atoms with Gasteiger partial charge in [-0.05, 0) is 36.7 Å². The van der Waals surface area contributed by atoms with E-state index in [1.54, 1.807) is 24.3 Å². The lowest BCUT2D eigenvalue weighted by atomic mass is 9.90. The zero-order valence-electron chi connectivity index (χ0n) is 16.3. The molecular weight excluding hydrogens is 408 g/mol. The molecule has 1 fully saturated rings. The van der Waals surface area contributed by atoms with Gasteiger partial charge in [-0.15, -0.1) is 0 Å². The van der Waals surface area contributed by atoms with E-state index in [2.05, 4.69) is 23.8 Å². The van der Waals surface area contributed by atoms with Gasteiger partial charge in [-0.1, -0.05) is 37.4 Å². The maximum Gasteiger partial charge on any atom is 0.340 e. The Bertz CT molecular complexity index is 841. The van der Waals surface area contributed by atoms with E-state index in [0.717, 1.165) is 0 Å². The summed E-state index contributed by atoms with van der Waals surface area (Å²) in [5.74, 6) is -3.07. The van der Waals surface area contributed by atoms with Crippen LogP contribution in [0.4, 0.5) is 5.69 Å². The van der Waals surface area contributed by atoms with Crippen molar-refractivity contribution in [2.45, 2.75) is 12.5 Å². The average Bonchev–Trinajstić information content (AvgIpc) is 3.20. The quantitative estimate of drug-likeness (QED) is 0.293. The van der Waals surface area contributed by atoms with Gasteiger partial charge in [0.1, 0.15) is 19.1 Å². The number of thiocarbonyl (C=S) groups is 1. The summed E-state index contributed by atoms with van der Waals surface area (Å²) in [4.78, 5) is 37.1. The molecule has 160 valence electrons. The van der Waals surface area contributed by atoms with Crippen LogP contribution >= 0.6 is 12.2 Å². The normalized spacial score (nSPS) is 18.7. The molecule has 3 unspecified atom stereocenters. The van der Waals surface area contributed by atoms with Crippen LogP contribution in [-0.2, 0) is 19.1 Å². The van der Waals surface area contributed by atoms with Gasteiger partial charge in [-0.25, -0.2) is 4.79 Å². The second-order valence-electron chi connectivity index (χ2n) is 6.61. The van der Waals surface area contributed by atoms with Gasteiger partial charge in [-0.3, -0.25) is 9.59 Å². The number of para-hydroxylation sites is 1. The van der Waals surface area contributed by atoms with Crippen molar-refractivity contribution < 1.29 is 29.0 Å². The van der Waals surface area contributed by atoms with Crippen LogP contribution in [-0.4, -0.2) is 53.8 Å². The maximum absolute atomic E-state index is 12.7. The van der Waals surface area contributed by atoms with E-state index in [0.29, 0.717) is 5.69 Å². The molecule has 3 N–H and O–H groups in total. The number of esters is 2. The van der Waals surface area contributed by atoms with E-state index in [4.69, 9.17) is 21.7 Å². The molecule has 0 spiro atoms. The fourth-order valence-electron chi connectivity index (χ4n) is 3.14. The monoisotopic (exact) mass is 432 g/mol. The Balaban J connectivity index is 2.05. The van der Waals surface area contributed by atoms with Crippen LogP contribution < -0.4 is 10.6 Å². The summed E-state index contributed by atoms with van der Waals surface area (Å²) in [5, 5.41) is 15.0. The molecule has 0 aliphatic carbocycles. The van der Waals surface area contributed by atoms with Gasteiger partial charge in [-0.2, -0.15) is 0 Å². The topological polar surface area (TPSA) is 114 Å². The summed E-state index contributed by atoms with van der Waals surface area (Å²) >= 11 is 4.81. The molecule has 1 heterocycles. The van der Waals surface area contributed by atoms with Crippen molar-refractivity contribution in [2.24, 2.45) is 11.8 Å². The van der Waals surface area contributed by atoms with E-state index in [9.17, 15) is 19.5 Å². The maximum atomic E-state index is 12.7. The van der Waals surface area contributed by atoms with Crippen molar-refractivity contribution in [3.05, 3.63) is 55.1 Å². The number of aliphatic hydroxyl groups excluding tert-OH is 1. The number of nitrogens with one attached hydrogen (secondary N) is 2. The SMILES string of the molecule is C=CCOC(=O)c1ccccc1NC(=O)C1CC(C(C(=O)OCC=C)C(O)=S)CN1. The predicted octanol–water partition coefficient (Wildman–Crippen LogP) is 2.18. The average molecular weight is 432 g/mol. The lowest BCUT2D eigenvalue weighted by molar-refractivity contribution is -0.146. The molecule has 3 atom stereocenters. The Kier molecular flexibility index (Phi) is 8.70. The summed E-state index contributed by atoms with van der Waals surface area (Å²) in [5.41, 5.74) is 0.520. The first-order chi connectivity index (χ1) is 14.4. The summed E-state index contributed by atoms with van der Waals surface area (Å²) in [6.45, 7) is 7.30. The summed E-state index contributed by atoms with van der Waals surface area (Å²) in [7, 11) is 0. The number of carbonyl (C=O) groups is 3. The van der Waals surface area contributed by atoms with Gasteiger partial charge in [0, 0.05) is 6.54 Å². The highest BCUT2D eigenvalue weighted by atomic mass is 32.1. The number of anilines is 1. The number of ether oxygens (including phenoxy) is 2. The second-order valence-corrected chi connectivity index (χ2v) is 7.03. The van der Waals surface area contributed by atoms with E-state index in [1.807, 2.05) is 0 Å². The van der Waals surface area contributed by atoms with Crippen molar-refractivity contribution in [2.75, 3.05) is 25.1 Å². The largest absolute Gasteiger partial charge is 0.501 e. The third-order valence-corrected chi connectivity index (χ3v) is 4.81. The van der Waals surface area contributed by atoms with Crippen molar-refractivity contribution >= 4 is 40.8 Å². The molecule has 0 radical (unpaired) electrons. The molecule has 1 aromatic carbocycles. The van der Waals surface area contributed by atoms with Crippen molar-refractivity contribution in [3.8, 4) is 0 Å². The lowest BCUT2D eigenvalue weighted by Gasteiger charge is -2.19. The van der Waals surface area contributed by atoms with Crippen LogP contribution in [0.5, 0.6) is 0 Å². The fraction of sp³-hybridized carbons (Fsp3) is 0.333. The molecule has 0 aromatic heterocycles. The number of hydrogen-bond acceptors (Lipinski definition) is 7. The van der Waals surface area contributed by atoms with Crippen molar-refractivity contribution in [1.82, 2.24) is 5.32 Å². The van der Waals surface area contributed by atoms with E-state index >= 15 is 0 Å². The molecule has 1 amide bonds. The lowest BCUT2D eigenvalue weighted by Crippen LogP contribution is -2.35. The number of carbonyl (C=O) groups excluding carboxylic acids is 3. The zero-order valence-corrected chi connectivity index (χ0v) is 17.2. The number of benzene rings is 1. The van der Waals surface area contributed by atoms with Crippen LogP contribution in [0.2, 0.25) is 0 Å². The molecule has 1 aliphatic rings. The molecule has 0 saturated carbocycles. The summed E-state index contributed by atoms with van der Waals surface area (Å²) in [6.07, 6.45) is 3.11. The van der Waals surface area contributed by atoms with Gasteiger partial charge in [0.2, 0.25) is 5.91 Å². The number of aliphatic hydroxyl groups is 1. The first kappa shape index (κ1) is 23.2. The molecule has 30 heavy (non-hydrogen) atoms. The highest BCUT2D eigenvalue weighted by Crippen LogP contribution is 2.26. The molecule has 9 heteroatoms. The van der Waals surface area contributed by atoms with Gasteiger partial charge < -0.3 is 25.2 Å². The molecule has 1 aromatic rings. The fourth-order valence-corrected chi connectivity index (χ4v) is 3.43. The van der Waals surface area contributed by atoms with Gasteiger partial charge in [0.05, 0.1) is 17.3 Å². The Morgan fingerprint density at radius 1 is 1.23 bits per heavy atom. The minimum atomic E-state index is -1.02. The number of amides is 1. The third-order valence-electron chi connectivity index (χ3n) is 4.55. The number of rotatable bonds is 10. The molecule has 1 saturated heterocycles. The molecule has 8 nitrogen and oxygen atoms in total. The van der Waals surface area contributed by atoms with Crippen molar-refractivity contribution in [1.29, 1.82) is 0 Å². The first-order valence-electron chi connectivity index (χ1n) is 9.30. The van der Waals surface area contributed by atoms with Gasteiger partial charge >= 0.3 is 11.9 Å². The second kappa shape index (κ2) is 11.2. The van der Waals surface area contributed by atoms with Crippen molar-refractivity contribution in [3.63, 3.8) is 0 Å². The summed E-state index contributed by atoms with van der Waals surface area (Å²) in [6, 6.07) is 5.83. The van der Waals surface area contributed by atoms with Crippen LogP contribution in [0.1, 0.15) is 16.8 Å². The molecule has 1 aliphatic heterocycles. The molecule has 2 rings (SSSR count). The van der Waals surface area contributed by atoms with E-state index in [-0.39, 0.29) is 37.6 Å². The molecule has 0 bridgehead atoms. The van der Waals surface area contributed by atoms with Crippen LogP contribution in [0.3, 0.4) is 0 Å². The van der Waals surface area contributed by atoms with Crippen LogP contribution in [0, 0.1) is 11.8 Å². The standard InChI is InChI=1S/C21H24N2O6S/c1-3-9-28-19(25)14-7-5-6-8-15(14)23-18(24)16-11-13(12-22-16)17(21(27)30)20(26)29-10-4-2/h3-8,13,16-17,22H,1-2,9-12H2,(H,23,24)(H,27,30). The Hall–Kier alpha value is -3.04. The Morgan fingerprint density at radius 2 is 1.90 bits per heavy atom. The van der Waals surface area contributed by atoms with Gasteiger partial charge in [0.15, 0.2) is 5.05 Å². The van der Waals surface area contributed by atoms with Gasteiger partial charge in [0.25, 0.3) is 0 Å². The first-order valence-corrected chi connectivity index (χ1v) is 9.71. The number of hydrogen-bond donors (Lipinski definition) is 3. The molecular formula is C21H24N2O6S. The highest BCUT2D eigenvalue weighted by molar-refractivity contribution is 7.80. The highest BCUT2D eigenvalue weighted by Gasteiger charge is 2.40. The van der Waals surface area contributed by atoms with Crippen LogP contribution in [0.15, 0.2) is 49.6 Å².